The third kappa shape index (κ3) is 9.20. The summed E-state index contributed by atoms with van der Waals surface area (Å²) >= 11 is 1.11. The van der Waals surface area contributed by atoms with Gasteiger partial charge in [0.1, 0.15) is 11.8 Å². The number of carboxylic acids is 1. The van der Waals surface area contributed by atoms with Gasteiger partial charge in [0, 0.05) is 5.75 Å². The van der Waals surface area contributed by atoms with E-state index in [1.54, 1.807) is 12.1 Å². The first kappa shape index (κ1) is 28.0. The maximum atomic E-state index is 12.8. The predicted molar refractivity (Wildman–Crippen MR) is 134 cm³/mol. The van der Waals surface area contributed by atoms with Crippen LogP contribution in [-0.2, 0) is 25.5 Å². The summed E-state index contributed by atoms with van der Waals surface area (Å²) in [6, 6.07) is 6.22. The average Bonchev–Trinajstić information content (AvgIpc) is 3.29. The van der Waals surface area contributed by atoms with Crippen molar-refractivity contribution in [2.75, 3.05) is 19.5 Å². The number of aliphatic carboxylic acids is 1. The zero-order chi connectivity index (χ0) is 24.8. The van der Waals surface area contributed by atoms with Gasteiger partial charge in [-0.3, -0.25) is 4.79 Å². The summed E-state index contributed by atoms with van der Waals surface area (Å²) in [5, 5.41) is 8.51. The van der Waals surface area contributed by atoms with Crippen molar-refractivity contribution in [3.63, 3.8) is 0 Å². The van der Waals surface area contributed by atoms with E-state index in [-0.39, 0.29) is 12.2 Å². The number of rotatable bonds is 16. The lowest BCUT2D eigenvalue weighted by Crippen LogP contribution is -2.49. The van der Waals surface area contributed by atoms with Crippen molar-refractivity contribution in [1.82, 2.24) is 4.90 Å². The standard InChI is InChI=1S/C26H39NO6S/c1-3-4-5-6-7-8-9-10-11-12-17-33-21-15-13-20(14-16-21)18-23(28)27-22(25(29)30)19-34-24(27)26(31)32-2/h13-16,22,24H,3-12,17-19H2,1-2H3,(H,29,30). The molecule has 7 nitrogen and oxygen atoms in total. The van der Waals surface area contributed by atoms with Gasteiger partial charge in [-0.2, -0.15) is 0 Å². The molecular formula is C26H39NO6S. The number of unbranched alkanes of at least 4 members (excludes halogenated alkanes) is 9. The van der Waals surface area contributed by atoms with Crippen LogP contribution in [0.2, 0.25) is 0 Å². The number of nitrogens with zero attached hydrogens (tertiary/aromatic N) is 1. The van der Waals surface area contributed by atoms with Crippen molar-refractivity contribution < 1.29 is 29.0 Å². The second kappa shape index (κ2) is 15.6. The normalized spacial score (nSPS) is 17.5. The first-order valence-corrected chi connectivity index (χ1v) is 13.5. The fourth-order valence-corrected chi connectivity index (χ4v) is 5.36. The Morgan fingerprint density at radius 1 is 0.971 bits per heavy atom. The number of esters is 1. The number of thioether (sulfide) groups is 1. The number of hydrogen-bond donors (Lipinski definition) is 1. The third-order valence-electron chi connectivity index (χ3n) is 6.02. The van der Waals surface area contributed by atoms with Crippen LogP contribution in [0.3, 0.4) is 0 Å². The van der Waals surface area contributed by atoms with Crippen molar-refractivity contribution in [3.8, 4) is 5.75 Å². The molecule has 2 unspecified atom stereocenters. The molecule has 1 aromatic rings. The number of methoxy groups -OCH3 is 1. The van der Waals surface area contributed by atoms with Crippen LogP contribution in [0.25, 0.3) is 0 Å². The first-order valence-electron chi connectivity index (χ1n) is 12.4. The summed E-state index contributed by atoms with van der Waals surface area (Å²) in [7, 11) is 1.23. The smallest absolute Gasteiger partial charge is 0.339 e. The van der Waals surface area contributed by atoms with E-state index < -0.39 is 29.3 Å². The second-order valence-corrected chi connectivity index (χ2v) is 9.83. The van der Waals surface area contributed by atoms with E-state index in [2.05, 4.69) is 6.92 Å². The second-order valence-electron chi connectivity index (χ2n) is 8.72. The number of carboxylic acid groups (broad SMARTS) is 1. The Morgan fingerprint density at radius 2 is 1.56 bits per heavy atom. The molecule has 1 heterocycles. The number of amides is 1. The molecule has 1 aromatic carbocycles. The summed E-state index contributed by atoms with van der Waals surface area (Å²) in [5.41, 5.74) is 0.737. The van der Waals surface area contributed by atoms with Crippen LogP contribution in [0.4, 0.5) is 0 Å². The molecule has 0 radical (unpaired) electrons. The molecule has 1 saturated heterocycles. The zero-order valence-electron chi connectivity index (χ0n) is 20.5. The van der Waals surface area contributed by atoms with Gasteiger partial charge in [0.25, 0.3) is 0 Å². The summed E-state index contributed by atoms with van der Waals surface area (Å²) in [6.07, 6.45) is 12.8. The molecule has 0 spiro atoms. The minimum absolute atomic E-state index is 0.0105. The molecule has 34 heavy (non-hydrogen) atoms. The van der Waals surface area contributed by atoms with Crippen LogP contribution in [0.1, 0.15) is 76.7 Å². The highest BCUT2D eigenvalue weighted by Gasteiger charge is 2.45. The Bertz CT molecular complexity index is 769. The number of hydrogen-bond acceptors (Lipinski definition) is 6. The van der Waals surface area contributed by atoms with Gasteiger partial charge in [0.2, 0.25) is 5.91 Å². The van der Waals surface area contributed by atoms with Gasteiger partial charge in [-0.05, 0) is 24.1 Å². The molecule has 0 saturated carbocycles. The Kier molecular flexibility index (Phi) is 12.9. The van der Waals surface area contributed by atoms with E-state index in [9.17, 15) is 19.5 Å². The van der Waals surface area contributed by atoms with Gasteiger partial charge in [-0.1, -0.05) is 76.8 Å². The minimum atomic E-state index is -1.12. The van der Waals surface area contributed by atoms with Gasteiger partial charge >= 0.3 is 11.9 Å². The third-order valence-corrected chi connectivity index (χ3v) is 7.27. The summed E-state index contributed by atoms with van der Waals surface area (Å²) in [6.45, 7) is 2.91. The number of carbonyl (C=O) groups excluding carboxylic acids is 2. The lowest BCUT2D eigenvalue weighted by Gasteiger charge is -2.25. The fourth-order valence-electron chi connectivity index (χ4n) is 4.03. The van der Waals surface area contributed by atoms with Crippen LogP contribution < -0.4 is 4.74 Å². The lowest BCUT2D eigenvalue weighted by molar-refractivity contribution is -0.154. The molecule has 1 aliphatic rings. The molecule has 2 rings (SSSR count). The van der Waals surface area contributed by atoms with E-state index >= 15 is 0 Å². The van der Waals surface area contributed by atoms with Gasteiger partial charge in [0.15, 0.2) is 5.37 Å². The maximum absolute atomic E-state index is 12.8. The van der Waals surface area contributed by atoms with E-state index in [1.165, 1.54) is 64.9 Å². The van der Waals surface area contributed by atoms with E-state index in [0.29, 0.717) is 6.61 Å². The molecule has 1 aliphatic heterocycles. The average molecular weight is 494 g/mol. The highest BCUT2D eigenvalue weighted by molar-refractivity contribution is 8.00. The van der Waals surface area contributed by atoms with Crippen molar-refractivity contribution in [2.45, 2.75) is 89.0 Å². The summed E-state index contributed by atoms with van der Waals surface area (Å²) in [4.78, 5) is 37.5. The number of ether oxygens (including phenoxy) is 2. The zero-order valence-corrected chi connectivity index (χ0v) is 21.3. The Labute approximate surface area is 207 Å². The molecule has 0 aliphatic carbocycles. The Balaban J connectivity index is 1.70. The number of carbonyl (C=O) groups is 3. The van der Waals surface area contributed by atoms with Gasteiger partial charge in [-0.15, -0.1) is 11.8 Å². The lowest BCUT2D eigenvalue weighted by atomic mass is 10.1. The van der Waals surface area contributed by atoms with Gasteiger partial charge < -0.3 is 19.5 Å². The number of benzene rings is 1. The van der Waals surface area contributed by atoms with E-state index in [1.807, 2.05) is 12.1 Å². The molecular weight excluding hydrogens is 454 g/mol. The van der Waals surface area contributed by atoms with Crippen LogP contribution in [0.5, 0.6) is 5.75 Å². The molecule has 1 fully saturated rings. The van der Waals surface area contributed by atoms with Crippen LogP contribution in [0, 0.1) is 0 Å². The molecule has 8 heteroatoms. The monoisotopic (exact) mass is 493 g/mol. The SMILES string of the molecule is CCCCCCCCCCCCOc1ccc(CC(=O)N2C(C(=O)O)CSC2C(=O)OC)cc1. The molecule has 1 N–H and O–H groups in total. The topological polar surface area (TPSA) is 93.1 Å². The van der Waals surface area contributed by atoms with Crippen LogP contribution in [-0.4, -0.2) is 58.7 Å². The largest absolute Gasteiger partial charge is 0.494 e. The van der Waals surface area contributed by atoms with Crippen molar-refractivity contribution in [2.24, 2.45) is 0 Å². The molecule has 190 valence electrons. The molecule has 0 bridgehead atoms. The fraction of sp³-hybridized carbons (Fsp3) is 0.654. The van der Waals surface area contributed by atoms with Crippen LogP contribution >= 0.6 is 11.8 Å². The van der Waals surface area contributed by atoms with E-state index in [4.69, 9.17) is 9.47 Å². The highest BCUT2D eigenvalue weighted by atomic mass is 32.2. The minimum Gasteiger partial charge on any atom is -0.494 e. The molecule has 1 amide bonds. The quantitative estimate of drug-likeness (QED) is 0.254. The van der Waals surface area contributed by atoms with Gasteiger partial charge in [0.05, 0.1) is 20.1 Å². The molecule has 0 aromatic heterocycles. The first-order chi connectivity index (χ1) is 16.5. The maximum Gasteiger partial charge on any atom is 0.339 e. The van der Waals surface area contributed by atoms with Crippen molar-refractivity contribution in [3.05, 3.63) is 29.8 Å². The predicted octanol–water partition coefficient (Wildman–Crippen LogP) is 5.06. The van der Waals surface area contributed by atoms with Crippen LogP contribution in [0.15, 0.2) is 24.3 Å². The summed E-state index contributed by atoms with van der Waals surface area (Å²) < 4.78 is 10.5. The Hall–Kier alpha value is -2.22. The van der Waals surface area contributed by atoms with E-state index in [0.717, 1.165) is 34.4 Å². The van der Waals surface area contributed by atoms with Crippen molar-refractivity contribution >= 4 is 29.6 Å². The highest BCUT2D eigenvalue weighted by Crippen LogP contribution is 2.31. The summed E-state index contributed by atoms with van der Waals surface area (Å²) in [5.74, 6) is -1.24. The van der Waals surface area contributed by atoms with Gasteiger partial charge in [-0.25, -0.2) is 9.59 Å². The molecule has 2 atom stereocenters. The van der Waals surface area contributed by atoms with Crippen molar-refractivity contribution in [1.29, 1.82) is 0 Å². The Morgan fingerprint density at radius 3 is 2.12 bits per heavy atom.